The molecule has 24 heavy (non-hydrogen) atoms. The van der Waals surface area contributed by atoms with Crippen LogP contribution in [-0.2, 0) is 7.05 Å². The topological polar surface area (TPSA) is 99.4 Å². The molecule has 3 rings (SSSR count). The molecule has 0 aliphatic rings. The molecule has 0 atom stereocenters. The van der Waals surface area contributed by atoms with Crippen LogP contribution in [0.25, 0.3) is 11.3 Å². The van der Waals surface area contributed by atoms with Crippen molar-refractivity contribution in [1.29, 1.82) is 5.26 Å². The number of nitrogens with one attached hydrogen (secondary N) is 2. The SMILES string of the molecule is Cn1ncc(C#N)c1NC(=O)c1cc(-c2ccc(Cl)c(Cl)c2)n[nH]1. The summed E-state index contributed by atoms with van der Waals surface area (Å²) >= 11 is 11.9. The number of hydrogen-bond acceptors (Lipinski definition) is 4. The molecule has 0 aliphatic carbocycles. The van der Waals surface area contributed by atoms with Gasteiger partial charge >= 0.3 is 0 Å². The predicted octanol–water partition coefficient (Wildman–Crippen LogP) is 3.24. The molecule has 2 N–H and O–H groups in total. The Labute approximate surface area is 146 Å². The summed E-state index contributed by atoms with van der Waals surface area (Å²) in [5, 5.41) is 23.2. The van der Waals surface area contributed by atoms with Gasteiger partial charge in [-0.15, -0.1) is 0 Å². The third kappa shape index (κ3) is 2.97. The fraction of sp³-hybridized carbons (Fsp3) is 0.0667. The Balaban J connectivity index is 1.85. The maximum absolute atomic E-state index is 12.3. The monoisotopic (exact) mass is 360 g/mol. The molecular formula is C15H10Cl2N6O. The first-order chi connectivity index (χ1) is 11.5. The van der Waals surface area contributed by atoms with Crippen LogP contribution in [0.3, 0.4) is 0 Å². The van der Waals surface area contributed by atoms with Gasteiger partial charge in [0, 0.05) is 12.6 Å². The van der Waals surface area contributed by atoms with Crippen molar-refractivity contribution in [3.8, 4) is 17.3 Å². The van der Waals surface area contributed by atoms with Gasteiger partial charge in [-0.2, -0.15) is 15.5 Å². The highest BCUT2D eigenvalue weighted by Crippen LogP contribution is 2.28. The van der Waals surface area contributed by atoms with Crippen LogP contribution in [0, 0.1) is 11.3 Å². The van der Waals surface area contributed by atoms with Crippen molar-refractivity contribution in [2.75, 3.05) is 5.32 Å². The summed E-state index contributed by atoms with van der Waals surface area (Å²) in [5.41, 5.74) is 1.78. The number of nitrogens with zero attached hydrogens (tertiary/aromatic N) is 4. The second kappa shape index (κ2) is 6.35. The zero-order chi connectivity index (χ0) is 17.3. The Kier molecular flexibility index (Phi) is 4.25. The lowest BCUT2D eigenvalue weighted by Gasteiger charge is -2.03. The van der Waals surface area contributed by atoms with Crippen LogP contribution < -0.4 is 5.32 Å². The second-order valence-electron chi connectivity index (χ2n) is 4.89. The van der Waals surface area contributed by atoms with Gasteiger partial charge in [0.05, 0.1) is 21.9 Å². The number of carbonyl (C=O) groups excluding carboxylic acids is 1. The van der Waals surface area contributed by atoms with Crippen molar-refractivity contribution in [2.45, 2.75) is 0 Å². The van der Waals surface area contributed by atoms with E-state index in [0.717, 1.165) is 5.56 Å². The standard InChI is InChI=1S/C15H10Cl2N6O/c1-23-14(9(6-18)7-19-23)20-15(24)13-5-12(21-22-13)8-2-3-10(16)11(17)4-8/h2-5,7H,1H3,(H,20,24)(H,21,22). The van der Waals surface area contributed by atoms with Gasteiger partial charge in [0.1, 0.15) is 23.1 Å². The third-order valence-corrected chi connectivity index (χ3v) is 4.07. The molecule has 0 spiro atoms. The highest BCUT2D eigenvalue weighted by atomic mass is 35.5. The average molecular weight is 361 g/mol. The average Bonchev–Trinajstić information content (AvgIpc) is 3.18. The van der Waals surface area contributed by atoms with Crippen LogP contribution in [0.4, 0.5) is 5.82 Å². The van der Waals surface area contributed by atoms with Gasteiger partial charge in [-0.05, 0) is 18.2 Å². The lowest BCUT2D eigenvalue weighted by Crippen LogP contribution is -2.15. The Morgan fingerprint density at radius 2 is 2.12 bits per heavy atom. The van der Waals surface area contributed by atoms with E-state index in [-0.39, 0.29) is 11.3 Å². The summed E-state index contributed by atoms with van der Waals surface area (Å²) in [5.74, 6) is -0.123. The van der Waals surface area contributed by atoms with Crippen molar-refractivity contribution >= 4 is 34.9 Å². The summed E-state index contributed by atoms with van der Waals surface area (Å²) in [6.07, 6.45) is 1.38. The van der Waals surface area contributed by atoms with E-state index < -0.39 is 5.91 Å². The molecular weight excluding hydrogens is 351 g/mol. The molecule has 0 aliphatic heterocycles. The lowest BCUT2D eigenvalue weighted by molar-refractivity contribution is 0.102. The molecule has 0 unspecified atom stereocenters. The van der Waals surface area contributed by atoms with Crippen molar-refractivity contribution in [3.05, 3.63) is 51.8 Å². The molecule has 2 aromatic heterocycles. The summed E-state index contributed by atoms with van der Waals surface area (Å²) in [4.78, 5) is 12.3. The van der Waals surface area contributed by atoms with E-state index in [4.69, 9.17) is 28.5 Å². The number of hydrogen-bond donors (Lipinski definition) is 2. The van der Waals surface area contributed by atoms with E-state index in [2.05, 4.69) is 20.6 Å². The number of nitriles is 1. The Morgan fingerprint density at radius 3 is 2.83 bits per heavy atom. The number of amides is 1. The van der Waals surface area contributed by atoms with Gasteiger partial charge in [0.25, 0.3) is 5.91 Å². The number of H-pyrrole nitrogens is 1. The van der Waals surface area contributed by atoms with E-state index in [1.54, 1.807) is 31.3 Å². The zero-order valence-electron chi connectivity index (χ0n) is 12.3. The summed E-state index contributed by atoms with van der Waals surface area (Å²) < 4.78 is 1.41. The van der Waals surface area contributed by atoms with E-state index in [1.807, 2.05) is 6.07 Å². The van der Waals surface area contributed by atoms with Gasteiger partial charge in [-0.3, -0.25) is 14.6 Å². The third-order valence-electron chi connectivity index (χ3n) is 3.33. The number of aryl methyl sites for hydroxylation is 1. The van der Waals surface area contributed by atoms with Crippen LogP contribution in [0.2, 0.25) is 10.0 Å². The van der Waals surface area contributed by atoms with Gasteiger partial charge in [0.15, 0.2) is 0 Å². The molecule has 1 amide bonds. The number of aromatic amines is 1. The Hall–Kier alpha value is -2.82. The minimum Gasteiger partial charge on any atom is -0.304 e. The minimum atomic E-state index is -0.436. The second-order valence-corrected chi connectivity index (χ2v) is 5.71. The van der Waals surface area contributed by atoms with Crippen molar-refractivity contribution < 1.29 is 4.79 Å². The van der Waals surface area contributed by atoms with Crippen LogP contribution in [0.1, 0.15) is 16.1 Å². The highest BCUT2D eigenvalue weighted by Gasteiger charge is 2.16. The predicted molar refractivity (Wildman–Crippen MR) is 89.9 cm³/mol. The van der Waals surface area contributed by atoms with E-state index in [9.17, 15) is 4.79 Å². The van der Waals surface area contributed by atoms with Crippen molar-refractivity contribution in [1.82, 2.24) is 20.0 Å². The van der Waals surface area contributed by atoms with Crippen LogP contribution >= 0.6 is 23.2 Å². The van der Waals surface area contributed by atoms with E-state index >= 15 is 0 Å². The summed E-state index contributed by atoms with van der Waals surface area (Å²) in [7, 11) is 1.63. The maximum Gasteiger partial charge on any atom is 0.274 e. The molecule has 9 heteroatoms. The molecule has 3 aromatic rings. The van der Waals surface area contributed by atoms with Crippen LogP contribution in [0.15, 0.2) is 30.5 Å². The summed E-state index contributed by atoms with van der Waals surface area (Å²) in [6.45, 7) is 0. The zero-order valence-corrected chi connectivity index (χ0v) is 13.9. The molecule has 0 bridgehead atoms. The minimum absolute atomic E-state index is 0.237. The first kappa shape index (κ1) is 16.1. The molecule has 7 nitrogen and oxygen atoms in total. The first-order valence-corrected chi connectivity index (χ1v) is 7.49. The highest BCUT2D eigenvalue weighted by molar-refractivity contribution is 6.42. The van der Waals surface area contributed by atoms with Gasteiger partial charge in [-0.1, -0.05) is 29.3 Å². The number of aromatic nitrogens is 4. The molecule has 0 fully saturated rings. The lowest BCUT2D eigenvalue weighted by atomic mass is 10.1. The normalized spacial score (nSPS) is 10.4. The largest absolute Gasteiger partial charge is 0.304 e. The molecule has 1 aromatic carbocycles. The maximum atomic E-state index is 12.3. The number of anilines is 1. The molecule has 0 radical (unpaired) electrons. The molecule has 2 heterocycles. The summed E-state index contributed by atoms with van der Waals surface area (Å²) in [6, 6.07) is 8.61. The molecule has 0 saturated carbocycles. The van der Waals surface area contributed by atoms with Crippen molar-refractivity contribution in [3.63, 3.8) is 0 Å². The quantitative estimate of drug-likeness (QED) is 0.748. The Morgan fingerprint density at radius 1 is 1.33 bits per heavy atom. The van der Waals surface area contributed by atoms with Crippen LogP contribution in [0.5, 0.6) is 0 Å². The van der Waals surface area contributed by atoms with E-state index in [0.29, 0.717) is 21.6 Å². The Bertz CT molecular complexity index is 969. The van der Waals surface area contributed by atoms with E-state index in [1.165, 1.54) is 10.9 Å². The molecule has 120 valence electrons. The molecule has 0 saturated heterocycles. The first-order valence-electron chi connectivity index (χ1n) is 6.74. The fourth-order valence-corrected chi connectivity index (χ4v) is 2.38. The smallest absolute Gasteiger partial charge is 0.274 e. The van der Waals surface area contributed by atoms with Crippen molar-refractivity contribution in [2.24, 2.45) is 7.05 Å². The number of benzene rings is 1. The van der Waals surface area contributed by atoms with Gasteiger partial charge in [0.2, 0.25) is 0 Å². The number of halogens is 2. The van der Waals surface area contributed by atoms with Crippen LogP contribution in [-0.4, -0.2) is 25.9 Å². The number of carbonyl (C=O) groups is 1. The fourth-order valence-electron chi connectivity index (χ4n) is 2.08. The number of rotatable bonds is 3. The van der Waals surface area contributed by atoms with Gasteiger partial charge in [-0.25, -0.2) is 0 Å². The van der Waals surface area contributed by atoms with Gasteiger partial charge < -0.3 is 5.32 Å².